The lowest BCUT2D eigenvalue weighted by molar-refractivity contribution is 0.724. The summed E-state index contributed by atoms with van der Waals surface area (Å²) in [4.78, 5) is 1.59. The van der Waals surface area contributed by atoms with Gasteiger partial charge >= 0.3 is 0 Å². The Kier molecular flexibility index (Phi) is 3.35. The molecule has 17 heavy (non-hydrogen) atoms. The van der Waals surface area contributed by atoms with Crippen LogP contribution in [0.15, 0.2) is 48.2 Å². The van der Waals surface area contributed by atoms with Crippen LogP contribution in [0, 0.1) is 0 Å². The summed E-state index contributed by atoms with van der Waals surface area (Å²) >= 11 is 0. The van der Waals surface area contributed by atoms with E-state index in [4.69, 9.17) is 5.73 Å². The summed E-state index contributed by atoms with van der Waals surface area (Å²) in [6.07, 6.45) is 3.68. The predicted octanol–water partition coefficient (Wildman–Crippen LogP) is 2.23. The van der Waals surface area contributed by atoms with Gasteiger partial charge in [-0.3, -0.25) is 0 Å². The Hall–Kier alpha value is -1.94. The minimum atomic E-state index is -0.197. The molecule has 0 aliphatic heterocycles. The quantitative estimate of drug-likeness (QED) is 0.819. The molecule has 0 radical (unpaired) electrons. The minimum absolute atomic E-state index is 0.197. The van der Waals surface area contributed by atoms with Crippen molar-refractivity contribution in [3.05, 3.63) is 53.9 Å². The molecule has 2 aromatic rings. The van der Waals surface area contributed by atoms with E-state index in [9.17, 15) is 0 Å². The molecule has 2 N–H and O–H groups in total. The molecule has 0 bridgehead atoms. The second kappa shape index (κ2) is 4.93. The zero-order valence-electron chi connectivity index (χ0n) is 10.0. The molecule has 1 atom stereocenters. The topological polar surface area (TPSA) is 56.7 Å². The fourth-order valence-corrected chi connectivity index (χ4v) is 1.56. The summed E-state index contributed by atoms with van der Waals surface area (Å²) < 4.78 is 0. The maximum Gasteiger partial charge on any atom is 0.104 e. The zero-order chi connectivity index (χ0) is 12.3. The third-order valence-electron chi connectivity index (χ3n) is 2.35. The van der Waals surface area contributed by atoms with Crippen LogP contribution in [0.25, 0.3) is 5.69 Å². The third-order valence-corrected chi connectivity index (χ3v) is 2.35. The first-order chi connectivity index (χ1) is 8.16. The fraction of sp³-hybridized carbons (Fsp3) is 0.231. The van der Waals surface area contributed by atoms with E-state index in [1.54, 1.807) is 11.0 Å². The highest BCUT2D eigenvalue weighted by molar-refractivity contribution is 5.28. The molecular formula is C13H16N4. The highest BCUT2D eigenvalue weighted by Crippen LogP contribution is 2.11. The summed E-state index contributed by atoms with van der Waals surface area (Å²) in [5, 5.41) is 8.58. The number of aromatic nitrogens is 3. The number of rotatable bonds is 3. The largest absolute Gasteiger partial charge is 0.319 e. The molecule has 4 heteroatoms. The Morgan fingerprint density at radius 2 is 2.00 bits per heavy atom. The second-order valence-corrected chi connectivity index (χ2v) is 4.16. The Labute approximate surface area is 101 Å². The molecule has 0 spiro atoms. The van der Waals surface area contributed by atoms with Gasteiger partial charge in [0.25, 0.3) is 0 Å². The van der Waals surface area contributed by atoms with Crippen LogP contribution in [-0.2, 0) is 0 Å². The molecule has 0 amide bonds. The molecular weight excluding hydrogens is 212 g/mol. The zero-order valence-corrected chi connectivity index (χ0v) is 10.0. The van der Waals surface area contributed by atoms with Gasteiger partial charge in [-0.15, -0.1) is 0 Å². The average Bonchev–Trinajstić information content (AvgIpc) is 2.78. The van der Waals surface area contributed by atoms with Crippen molar-refractivity contribution in [3.63, 3.8) is 0 Å². The van der Waals surface area contributed by atoms with Gasteiger partial charge in [0, 0.05) is 0 Å². The lowest BCUT2D eigenvalue weighted by Gasteiger charge is -2.02. The average molecular weight is 228 g/mol. The lowest BCUT2D eigenvalue weighted by Crippen LogP contribution is -2.09. The molecule has 1 heterocycles. The smallest absolute Gasteiger partial charge is 0.104 e. The van der Waals surface area contributed by atoms with Gasteiger partial charge in [0.05, 0.1) is 17.9 Å². The van der Waals surface area contributed by atoms with Gasteiger partial charge in [0.15, 0.2) is 0 Å². The van der Waals surface area contributed by atoms with Crippen LogP contribution in [0.3, 0.4) is 0 Å². The van der Waals surface area contributed by atoms with E-state index in [-0.39, 0.29) is 6.04 Å². The van der Waals surface area contributed by atoms with Crippen LogP contribution in [0.1, 0.15) is 25.6 Å². The maximum atomic E-state index is 6.00. The van der Waals surface area contributed by atoms with E-state index in [1.807, 2.05) is 50.3 Å². The van der Waals surface area contributed by atoms with Gasteiger partial charge in [-0.25, -0.2) is 0 Å². The molecule has 0 aliphatic rings. The monoisotopic (exact) mass is 228 g/mol. The molecule has 4 nitrogen and oxygen atoms in total. The van der Waals surface area contributed by atoms with E-state index < -0.39 is 0 Å². The number of nitrogens with zero attached hydrogens (tertiary/aromatic N) is 3. The van der Waals surface area contributed by atoms with Gasteiger partial charge < -0.3 is 5.73 Å². The molecule has 2 rings (SSSR count). The van der Waals surface area contributed by atoms with Crippen molar-refractivity contribution in [2.45, 2.75) is 19.9 Å². The summed E-state index contributed by atoms with van der Waals surface area (Å²) in [5.41, 5.74) is 8.87. The fourth-order valence-electron chi connectivity index (χ4n) is 1.56. The number of hydrogen-bond acceptors (Lipinski definition) is 3. The number of nitrogens with two attached hydrogens (primary N) is 1. The third kappa shape index (κ3) is 2.79. The molecule has 0 fully saturated rings. The standard InChI is InChI=1S/C13H16N4/c1-10(2)8-12(14)13-9-15-17(16-13)11-6-4-3-5-7-11/h3-9,12H,14H2,1-2H3. The van der Waals surface area contributed by atoms with Gasteiger partial charge in [0.2, 0.25) is 0 Å². The highest BCUT2D eigenvalue weighted by atomic mass is 15.5. The highest BCUT2D eigenvalue weighted by Gasteiger charge is 2.08. The van der Waals surface area contributed by atoms with Crippen LogP contribution in [-0.4, -0.2) is 15.0 Å². The Morgan fingerprint density at radius 1 is 1.29 bits per heavy atom. The number of allylic oxidation sites excluding steroid dienone is 1. The minimum Gasteiger partial charge on any atom is -0.319 e. The first kappa shape index (κ1) is 11.5. The van der Waals surface area contributed by atoms with Gasteiger partial charge in [-0.2, -0.15) is 15.0 Å². The molecule has 1 aromatic carbocycles. The second-order valence-electron chi connectivity index (χ2n) is 4.16. The first-order valence-corrected chi connectivity index (χ1v) is 5.55. The van der Waals surface area contributed by atoms with Crippen LogP contribution in [0.4, 0.5) is 0 Å². The van der Waals surface area contributed by atoms with Crippen molar-refractivity contribution >= 4 is 0 Å². The van der Waals surface area contributed by atoms with E-state index >= 15 is 0 Å². The molecule has 0 saturated carbocycles. The molecule has 88 valence electrons. The molecule has 1 unspecified atom stereocenters. The normalized spacial score (nSPS) is 12.2. The molecule has 0 aliphatic carbocycles. The maximum absolute atomic E-state index is 6.00. The van der Waals surface area contributed by atoms with E-state index in [0.717, 1.165) is 11.4 Å². The van der Waals surface area contributed by atoms with E-state index in [2.05, 4.69) is 10.2 Å². The number of benzene rings is 1. The van der Waals surface area contributed by atoms with Gasteiger partial charge in [0.1, 0.15) is 5.69 Å². The van der Waals surface area contributed by atoms with Crippen molar-refractivity contribution in [2.75, 3.05) is 0 Å². The van der Waals surface area contributed by atoms with Crippen LogP contribution in [0.5, 0.6) is 0 Å². The molecule has 0 saturated heterocycles. The SMILES string of the molecule is CC(C)=CC(N)c1cnn(-c2ccccc2)n1. The number of hydrogen-bond donors (Lipinski definition) is 1. The van der Waals surface area contributed by atoms with Crippen molar-refractivity contribution < 1.29 is 0 Å². The van der Waals surface area contributed by atoms with Crippen LogP contribution < -0.4 is 5.73 Å². The summed E-state index contributed by atoms with van der Waals surface area (Å²) in [5.74, 6) is 0. The van der Waals surface area contributed by atoms with Crippen molar-refractivity contribution in [1.82, 2.24) is 15.0 Å². The summed E-state index contributed by atoms with van der Waals surface area (Å²) in [6.45, 7) is 4.03. The van der Waals surface area contributed by atoms with Crippen LogP contribution in [0.2, 0.25) is 0 Å². The van der Waals surface area contributed by atoms with Crippen molar-refractivity contribution in [1.29, 1.82) is 0 Å². The number of para-hydroxylation sites is 1. The Bertz CT molecular complexity index is 509. The summed E-state index contributed by atoms with van der Waals surface area (Å²) in [7, 11) is 0. The Balaban J connectivity index is 2.25. The van der Waals surface area contributed by atoms with E-state index in [1.165, 1.54) is 5.57 Å². The summed E-state index contributed by atoms with van der Waals surface area (Å²) in [6, 6.07) is 9.58. The van der Waals surface area contributed by atoms with Crippen LogP contribution >= 0.6 is 0 Å². The van der Waals surface area contributed by atoms with Crippen molar-refractivity contribution in [3.8, 4) is 5.69 Å². The lowest BCUT2D eigenvalue weighted by atomic mass is 10.2. The molecule has 1 aromatic heterocycles. The predicted molar refractivity (Wildman–Crippen MR) is 67.7 cm³/mol. The van der Waals surface area contributed by atoms with E-state index in [0.29, 0.717) is 0 Å². The first-order valence-electron chi connectivity index (χ1n) is 5.55. The van der Waals surface area contributed by atoms with Gasteiger partial charge in [-0.05, 0) is 26.0 Å². The Morgan fingerprint density at radius 3 is 2.65 bits per heavy atom. The van der Waals surface area contributed by atoms with Gasteiger partial charge in [-0.1, -0.05) is 29.8 Å². The van der Waals surface area contributed by atoms with Crippen molar-refractivity contribution in [2.24, 2.45) is 5.73 Å².